The molecule has 1 aromatic rings. The number of hydrogen-bond donors (Lipinski definition) is 0. The molecule has 0 radical (unpaired) electrons. The summed E-state index contributed by atoms with van der Waals surface area (Å²) in [6, 6.07) is 5.83. The van der Waals surface area contributed by atoms with Crippen LogP contribution >= 0.6 is 27.5 Å². The van der Waals surface area contributed by atoms with E-state index in [2.05, 4.69) is 20.8 Å². The molecule has 2 nitrogen and oxygen atoms in total. The number of hydrogen-bond acceptors (Lipinski definition) is 2. The Morgan fingerprint density at radius 3 is 2.35 bits per heavy atom. The lowest BCUT2D eigenvalue weighted by atomic mass is 10.1. The average molecular weight is 372 g/mol. The molecule has 0 spiro atoms. The van der Waals surface area contributed by atoms with Gasteiger partial charge in [0.1, 0.15) is 0 Å². The summed E-state index contributed by atoms with van der Waals surface area (Å²) in [5.41, 5.74) is 2.00. The van der Waals surface area contributed by atoms with Gasteiger partial charge in [-0.05, 0) is 17.7 Å². The van der Waals surface area contributed by atoms with Crippen molar-refractivity contribution in [2.45, 2.75) is 12.1 Å². The Kier molecular flexibility index (Phi) is 5.20. The summed E-state index contributed by atoms with van der Waals surface area (Å²) in [4.78, 5) is 3.53. The standard InChI is InChI=1S/C13H15BrClF3N2/c14-11-2-1-10(8-15)12(7-11)20-5-3-19(4-6-20)9-13(16,17)18/h1-2,7H,3-6,8-9H2. The van der Waals surface area contributed by atoms with E-state index >= 15 is 0 Å². The number of piperazine rings is 1. The van der Waals surface area contributed by atoms with Gasteiger partial charge in [-0.2, -0.15) is 13.2 Å². The number of rotatable bonds is 3. The third-order valence-electron chi connectivity index (χ3n) is 3.31. The van der Waals surface area contributed by atoms with E-state index < -0.39 is 12.7 Å². The van der Waals surface area contributed by atoms with Crippen LogP contribution in [0.1, 0.15) is 5.56 Å². The lowest BCUT2D eigenvalue weighted by Crippen LogP contribution is -2.49. The highest BCUT2D eigenvalue weighted by Gasteiger charge is 2.32. The molecule has 1 aromatic carbocycles. The van der Waals surface area contributed by atoms with Crippen molar-refractivity contribution in [1.29, 1.82) is 0 Å². The van der Waals surface area contributed by atoms with Gasteiger partial charge in [-0.3, -0.25) is 4.90 Å². The Morgan fingerprint density at radius 2 is 1.80 bits per heavy atom. The van der Waals surface area contributed by atoms with Crippen LogP contribution in [0.5, 0.6) is 0 Å². The predicted molar refractivity (Wildman–Crippen MR) is 78.4 cm³/mol. The molecule has 2 rings (SSSR count). The third kappa shape index (κ3) is 4.27. The lowest BCUT2D eigenvalue weighted by molar-refractivity contribution is -0.146. The van der Waals surface area contributed by atoms with Gasteiger partial charge in [0.05, 0.1) is 6.54 Å². The van der Waals surface area contributed by atoms with E-state index in [1.807, 2.05) is 18.2 Å². The second-order valence-electron chi connectivity index (χ2n) is 4.79. The Labute approximate surface area is 129 Å². The van der Waals surface area contributed by atoms with Crippen molar-refractivity contribution in [2.75, 3.05) is 37.6 Å². The molecule has 0 N–H and O–H groups in total. The second-order valence-corrected chi connectivity index (χ2v) is 5.97. The van der Waals surface area contributed by atoms with E-state index in [4.69, 9.17) is 11.6 Å². The van der Waals surface area contributed by atoms with Gasteiger partial charge >= 0.3 is 6.18 Å². The van der Waals surface area contributed by atoms with Crippen LogP contribution in [0.3, 0.4) is 0 Å². The zero-order valence-corrected chi connectivity index (χ0v) is 13.1. The van der Waals surface area contributed by atoms with Crippen LogP contribution in [0.2, 0.25) is 0 Å². The smallest absolute Gasteiger partial charge is 0.369 e. The summed E-state index contributed by atoms with van der Waals surface area (Å²) in [6.45, 7) is 1.15. The topological polar surface area (TPSA) is 6.48 Å². The van der Waals surface area contributed by atoms with E-state index in [-0.39, 0.29) is 0 Å². The summed E-state index contributed by atoms with van der Waals surface area (Å²) in [5.74, 6) is 0.394. The minimum atomic E-state index is -4.13. The first-order valence-corrected chi connectivity index (χ1v) is 7.60. The normalized spacial score (nSPS) is 17.6. The fraction of sp³-hybridized carbons (Fsp3) is 0.538. The quantitative estimate of drug-likeness (QED) is 0.744. The molecule has 1 aliphatic rings. The largest absolute Gasteiger partial charge is 0.401 e. The van der Waals surface area contributed by atoms with Gasteiger partial charge in [0.15, 0.2) is 0 Å². The molecule has 0 aliphatic carbocycles. The molecule has 0 saturated carbocycles. The van der Waals surface area contributed by atoms with Crippen molar-refractivity contribution >= 4 is 33.2 Å². The molecule has 0 amide bonds. The predicted octanol–water partition coefficient (Wildman–Crippen LogP) is 3.87. The number of alkyl halides is 4. The van der Waals surface area contributed by atoms with Gasteiger partial charge in [-0.15, -0.1) is 11.6 Å². The minimum absolute atomic E-state index is 0.394. The van der Waals surface area contributed by atoms with Crippen molar-refractivity contribution in [2.24, 2.45) is 0 Å². The summed E-state index contributed by atoms with van der Waals surface area (Å²) >= 11 is 9.33. The summed E-state index contributed by atoms with van der Waals surface area (Å²) in [7, 11) is 0. The number of anilines is 1. The fourth-order valence-corrected chi connectivity index (χ4v) is 2.92. The van der Waals surface area contributed by atoms with E-state index in [0.717, 1.165) is 15.7 Å². The summed E-state index contributed by atoms with van der Waals surface area (Å²) in [5, 5.41) is 0. The first-order chi connectivity index (χ1) is 9.39. The van der Waals surface area contributed by atoms with Gasteiger partial charge in [0, 0.05) is 42.2 Å². The maximum atomic E-state index is 12.4. The number of halogens is 5. The van der Waals surface area contributed by atoms with E-state index in [1.165, 1.54) is 4.90 Å². The van der Waals surface area contributed by atoms with E-state index in [1.54, 1.807) is 0 Å². The molecule has 1 fully saturated rings. The Hall–Kier alpha value is -0.460. The van der Waals surface area contributed by atoms with Gasteiger partial charge in [-0.1, -0.05) is 22.0 Å². The SMILES string of the molecule is FC(F)(F)CN1CCN(c2cc(Br)ccc2CCl)CC1. The first kappa shape index (κ1) is 15.9. The van der Waals surface area contributed by atoms with E-state index in [0.29, 0.717) is 32.1 Å². The third-order valence-corrected chi connectivity index (χ3v) is 4.09. The maximum Gasteiger partial charge on any atom is 0.401 e. The zero-order valence-electron chi connectivity index (χ0n) is 10.8. The molecule has 0 unspecified atom stereocenters. The Bertz CT molecular complexity index is 459. The molecular weight excluding hydrogens is 357 g/mol. The van der Waals surface area contributed by atoms with Crippen LogP contribution in [0.4, 0.5) is 18.9 Å². The van der Waals surface area contributed by atoms with Crippen molar-refractivity contribution in [1.82, 2.24) is 4.90 Å². The average Bonchev–Trinajstić information content (AvgIpc) is 2.38. The number of nitrogens with zero attached hydrogens (tertiary/aromatic N) is 2. The summed E-state index contributed by atoms with van der Waals surface area (Å²) in [6.07, 6.45) is -4.13. The highest BCUT2D eigenvalue weighted by molar-refractivity contribution is 9.10. The van der Waals surface area contributed by atoms with Gasteiger partial charge in [0.2, 0.25) is 0 Å². The fourth-order valence-electron chi connectivity index (χ4n) is 2.34. The molecule has 112 valence electrons. The minimum Gasteiger partial charge on any atom is -0.369 e. The van der Waals surface area contributed by atoms with Crippen LogP contribution in [-0.4, -0.2) is 43.8 Å². The monoisotopic (exact) mass is 370 g/mol. The highest BCUT2D eigenvalue weighted by Crippen LogP contribution is 2.28. The zero-order chi connectivity index (χ0) is 14.8. The maximum absolute atomic E-state index is 12.4. The van der Waals surface area contributed by atoms with Crippen LogP contribution in [0.25, 0.3) is 0 Å². The molecular formula is C13H15BrClF3N2. The molecule has 0 bridgehead atoms. The molecule has 1 saturated heterocycles. The van der Waals surface area contributed by atoms with Crippen molar-refractivity contribution < 1.29 is 13.2 Å². The highest BCUT2D eigenvalue weighted by atomic mass is 79.9. The van der Waals surface area contributed by atoms with Crippen LogP contribution in [0, 0.1) is 0 Å². The van der Waals surface area contributed by atoms with E-state index in [9.17, 15) is 13.2 Å². The van der Waals surface area contributed by atoms with Gasteiger partial charge in [-0.25, -0.2) is 0 Å². The molecule has 1 aliphatic heterocycles. The Morgan fingerprint density at radius 1 is 1.15 bits per heavy atom. The number of benzene rings is 1. The van der Waals surface area contributed by atoms with Crippen LogP contribution in [0.15, 0.2) is 22.7 Å². The van der Waals surface area contributed by atoms with Crippen molar-refractivity contribution in [3.63, 3.8) is 0 Å². The molecule has 7 heteroatoms. The summed E-state index contributed by atoms with van der Waals surface area (Å²) < 4.78 is 38.0. The van der Waals surface area contributed by atoms with Gasteiger partial charge < -0.3 is 4.90 Å². The molecule has 0 atom stereocenters. The molecule has 1 heterocycles. The molecule has 0 aromatic heterocycles. The second kappa shape index (κ2) is 6.54. The van der Waals surface area contributed by atoms with Gasteiger partial charge in [0.25, 0.3) is 0 Å². The molecule has 20 heavy (non-hydrogen) atoms. The lowest BCUT2D eigenvalue weighted by Gasteiger charge is -2.37. The van der Waals surface area contributed by atoms with Crippen LogP contribution in [-0.2, 0) is 5.88 Å². The first-order valence-electron chi connectivity index (χ1n) is 6.27. The van der Waals surface area contributed by atoms with Crippen LogP contribution < -0.4 is 4.90 Å². The van der Waals surface area contributed by atoms with Crippen molar-refractivity contribution in [3.05, 3.63) is 28.2 Å². The van der Waals surface area contributed by atoms with Crippen molar-refractivity contribution in [3.8, 4) is 0 Å². The Balaban J connectivity index is 2.02.